The van der Waals surface area contributed by atoms with Crippen molar-refractivity contribution in [3.63, 3.8) is 0 Å². The molecule has 2 aromatic rings. The maximum atomic E-state index is 13.8. The maximum absolute atomic E-state index is 13.8. The molecule has 0 fully saturated rings. The van der Waals surface area contributed by atoms with Crippen LogP contribution in [0.25, 0.3) is 10.9 Å². The van der Waals surface area contributed by atoms with Gasteiger partial charge in [-0.15, -0.1) is 0 Å². The van der Waals surface area contributed by atoms with Crippen LogP contribution < -0.4 is 0 Å². The number of benzene rings is 1. The molecule has 0 bridgehead atoms. The van der Waals surface area contributed by atoms with Crippen molar-refractivity contribution < 1.29 is 9.31 Å². The number of rotatable bonds is 3. The second-order valence-electron chi connectivity index (χ2n) is 4.83. The van der Waals surface area contributed by atoms with E-state index in [1.54, 1.807) is 0 Å². The number of fused-ring (bicyclic) bond motifs is 1. The van der Waals surface area contributed by atoms with E-state index in [-0.39, 0.29) is 38.2 Å². The van der Waals surface area contributed by atoms with Crippen molar-refractivity contribution in [1.29, 1.82) is 0 Å². The highest BCUT2D eigenvalue weighted by Gasteiger charge is 2.26. The number of pyridine rings is 1. The van der Waals surface area contributed by atoms with Crippen LogP contribution in [-0.4, -0.2) is 9.91 Å². The van der Waals surface area contributed by atoms with Crippen molar-refractivity contribution in [2.24, 2.45) is 5.92 Å². The van der Waals surface area contributed by atoms with Gasteiger partial charge >= 0.3 is 5.69 Å². The summed E-state index contributed by atoms with van der Waals surface area (Å²) in [6, 6.07) is 2.47. The predicted molar refractivity (Wildman–Crippen MR) is 76.9 cm³/mol. The van der Waals surface area contributed by atoms with Crippen molar-refractivity contribution >= 4 is 39.8 Å². The van der Waals surface area contributed by atoms with Crippen molar-refractivity contribution in [2.45, 2.75) is 20.3 Å². The van der Waals surface area contributed by atoms with Crippen molar-refractivity contribution in [2.75, 3.05) is 0 Å². The predicted octanol–water partition coefficient (Wildman–Crippen LogP) is 4.79. The first kappa shape index (κ1) is 14.9. The van der Waals surface area contributed by atoms with E-state index in [0.717, 1.165) is 0 Å². The third kappa shape index (κ3) is 2.55. The van der Waals surface area contributed by atoms with E-state index in [2.05, 4.69) is 4.98 Å². The molecular formula is C13H11Cl2FN2O2. The zero-order chi connectivity index (χ0) is 15.0. The summed E-state index contributed by atoms with van der Waals surface area (Å²) in [6.07, 6.45) is 0.331. The van der Waals surface area contributed by atoms with E-state index in [9.17, 15) is 14.5 Å². The van der Waals surface area contributed by atoms with Gasteiger partial charge in [-0.25, -0.2) is 9.37 Å². The molecule has 0 N–H and O–H groups in total. The quantitative estimate of drug-likeness (QED) is 0.604. The van der Waals surface area contributed by atoms with Gasteiger partial charge in [0.25, 0.3) is 0 Å². The Bertz CT molecular complexity index is 705. The molecule has 7 heteroatoms. The van der Waals surface area contributed by atoms with E-state index in [0.29, 0.717) is 6.42 Å². The van der Waals surface area contributed by atoms with Crippen LogP contribution in [0.4, 0.5) is 10.1 Å². The zero-order valence-corrected chi connectivity index (χ0v) is 12.3. The molecule has 0 saturated carbocycles. The van der Waals surface area contributed by atoms with E-state index in [1.165, 1.54) is 12.1 Å². The summed E-state index contributed by atoms with van der Waals surface area (Å²) in [5, 5.41) is 11.3. The van der Waals surface area contributed by atoms with Crippen LogP contribution in [0.15, 0.2) is 12.1 Å². The normalized spacial score (nSPS) is 11.3. The molecule has 4 nitrogen and oxygen atoms in total. The first-order valence-electron chi connectivity index (χ1n) is 5.93. The lowest BCUT2D eigenvalue weighted by Crippen LogP contribution is -2.05. The minimum Gasteiger partial charge on any atom is -0.258 e. The highest BCUT2D eigenvalue weighted by atomic mass is 35.5. The van der Waals surface area contributed by atoms with E-state index < -0.39 is 10.7 Å². The summed E-state index contributed by atoms with van der Waals surface area (Å²) in [4.78, 5) is 14.7. The van der Waals surface area contributed by atoms with Gasteiger partial charge in [-0.3, -0.25) is 10.1 Å². The molecule has 0 atom stereocenters. The summed E-state index contributed by atoms with van der Waals surface area (Å²) >= 11 is 12.0. The fourth-order valence-electron chi connectivity index (χ4n) is 2.01. The Hall–Kier alpha value is -1.46. The fourth-order valence-corrected chi connectivity index (χ4v) is 2.67. The van der Waals surface area contributed by atoms with Crippen molar-refractivity contribution in [1.82, 2.24) is 4.98 Å². The molecule has 0 aliphatic rings. The minimum absolute atomic E-state index is 0.0382. The summed E-state index contributed by atoms with van der Waals surface area (Å²) < 4.78 is 13.8. The molecule has 0 saturated heterocycles. The fraction of sp³-hybridized carbons (Fsp3) is 0.308. The lowest BCUT2D eigenvalue weighted by atomic mass is 10.0. The van der Waals surface area contributed by atoms with Gasteiger partial charge in [0, 0.05) is 5.39 Å². The van der Waals surface area contributed by atoms with Crippen LogP contribution in [0, 0.1) is 21.8 Å². The molecule has 1 aromatic heterocycles. The van der Waals surface area contributed by atoms with Crippen LogP contribution in [0.3, 0.4) is 0 Å². The van der Waals surface area contributed by atoms with Gasteiger partial charge in [0.05, 0.1) is 9.95 Å². The largest absolute Gasteiger partial charge is 0.309 e. The molecule has 0 spiro atoms. The minimum atomic E-state index is -0.605. The second kappa shape index (κ2) is 5.50. The smallest absolute Gasteiger partial charge is 0.258 e. The molecular weight excluding hydrogens is 306 g/mol. The lowest BCUT2D eigenvalue weighted by molar-refractivity contribution is -0.385. The average Bonchev–Trinajstić information content (AvgIpc) is 2.32. The highest BCUT2D eigenvalue weighted by Crippen LogP contribution is 2.39. The zero-order valence-electron chi connectivity index (χ0n) is 10.8. The number of hydrogen-bond acceptors (Lipinski definition) is 3. The maximum Gasteiger partial charge on any atom is 0.309 e. The lowest BCUT2D eigenvalue weighted by Gasteiger charge is -2.10. The van der Waals surface area contributed by atoms with Crippen LogP contribution >= 0.6 is 23.2 Å². The Morgan fingerprint density at radius 1 is 1.40 bits per heavy atom. The molecule has 0 amide bonds. The Morgan fingerprint density at radius 2 is 2.05 bits per heavy atom. The topological polar surface area (TPSA) is 56.0 Å². The molecule has 1 aromatic carbocycles. The van der Waals surface area contributed by atoms with Gasteiger partial charge in [0.1, 0.15) is 22.1 Å². The molecule has 0 aliphatic carbocycles. The average molecular weight is 317 g/mol. The Labute approximate surface area is 124 Å². The number of aromatic nitrogens is 1. The summed E-state index contributed by atoms with van der Waals surface area (Å²) in [6.45, 7) is 3.77. The van der Waals surface area contributed by atoms with E-state index >= 15 is 0 Å². The van der Waals surface area contributed by atoms with E-state index in [1.807, 2.05) is 13.8 Å². The van der Waals surface area contributed by atoms with Gasteiger partial charge in [0.15, 0.2) is 0 Å². The van der Waals surface area contributed by atoms with Crippen LogP contribution in [0.1, 0.15) is 19.5 Å². The Balaban J connectivity index is 2.89. The number of nitro groups is 1. The van der Waals surface area contributed by atoms with Crippen LogP contribution in [0.2, 0.25) is 10.0 Å². The van der Waals surface area contributed by atoms with Gasteiger partial charge in [-0.1, -0.05) is 37.0 Å². The van der Waals surface area contributed by atoms with Crippen LogP contribution in [-0.2, 0) is 6.42 Å². The molecule has 2 rings (SSSR count). The molecule has 0 radical (unpaired) electrons. The first-order chi connectivity index (χ1) is 9.32. The Morgan fingerprint density at radius 3 is 2.60 bits per heavy atom. The number of halogens is 3. The van der Waals surface area contributed by atoms with Gasteiger partial charge in [-0.05, 0) is 24.5 Å². The molecule has 0 aliphatic heterocycles. The monoisotopic (exact) mass is 316 g/mol. The second-order valence-corrected chi connectivity index (χ2v) is 5.61. The standard InChI is InChI=1S/C13H11Cl2FN2O2/c1-6(2)5-9-13(18(19)20)11(15)10-7(14)3-4-8(16)12(10)17-9/h3-4,6H,5H2,1-2H3. The van der Waals surface area contributed by atoms with Gasteiger partial charge < -0.3 is 0 Å². The molecule has 20 heavy (non-hydrogen) atoms. The highest BCUT2D eigenvalue weighted by molar-refractivity contribution is 6.43. The first-order valence-corrected chi connectivity index (χ1v) is 6.69. The Kier molecular flexibility index (Phi) is 4.11. The van der Waals surface area contributed by atoms with Gasteiger partial charge in [0.2, 0.25) is 0 Å². The summed E-state index contributed by atoms with van der Waals surface area (Å²) in [7, 11) is 0. The molecule has 0 unspecified atom stereocenters. The third-order valence-corrected chi connectivity index (χ3v) is 3.49. The summed E-state index contributed by atoms with van der Waals surface area (Å²) in [5.74, 6) is -0.483. The SMILES string of the molecule is CC(C)Cc1nc2c(F)ccc(Cl)c2c(Cl)c1[N+](=O)[O-]. The number of nitrogens with zero attached hydrogens (tertiary/aromatic N) is 2. The summed E-state index contributed by atoms with van der Waals surface area (Å²) in [5.41, 5.74) is -0.173. The van der Waals surface area contributed by atoms with Crippen molar-refractivity contribution in [3.05, 3.63) is 43.8 Å². The van der Waals surface area contributed by atoms with Crippen LogP contribution in [0.5, 0.6) is 0 Å². The number of hydrogen-bond donors (Lipinski definition) is 0. The van der Waals surface area contributed by atoms with Crippen molar-refractivity contribution in [3.8, 4) is 0 Å². The van der Waals surface area contributed by atoms with E-state index in [4.69, 9.17) is 23.2 Å². The molecule has 1 heterocycles. The molecule has 106 valence electrons. The van der Waals surface area contributed by atoms with Gasteiger partial charge in [-0.2, -0.15) is 0 Å². The third-order valence-electron chi connectivity index (χ3n) is 2.81.